The van der Waals surface area contributed by atoms with Gasteiger partial charge in [0.15, 0.2) is 0 Å². The van der Waals surface area contributed by atoms with Crippen molar-refractivity contribution >= 4 is 17.3 Å². The Balaban J connectivity index is 1.60. The third-order valence-electron chi connectivity index (χ3n) is 4.67. The Morgan fingerprint density at radius 2 is 1.78 bits per heavy atom. The fourth-order valence-corrected chi connectivity index (χ4v) is 3.01. The van der Waals surface area contributed by atoms with E-state index in [4.69, 9.17) is 4.74 Å². The summed E-state index contributed by atoms with van der Waals surface area (Å²) >= 11 is 0. The van der Waals surface area contributed by atoms with Crippen LogP contribution in [-0.4, -0.2) is 50.6 Å². The highest BCUT2D eigenvalue weighted by Gasteiger charge is 2.14. The average molecular weight is 367 g/mol. The fraction of sp³-hybridized carbons (Fsp3) is 0.409. The van der Waals surface area contributed by atoms with Crippen molar-refractivity contribution in [3.63, 3.8) is 0 Å². The Labute approximate surface area is 161 Å². The quantitative estimate of drug-likeness (QED) is 0.845. The van der Waals surface area contributed by atoms with Gasteiger partial charge in [0.25, 0.3) is 5.91 Å². The van der Waals surface area contributed by atoms with E-state index in [9.17, 15) is 4.79 Å². The highest BCUT2D eigenvalue weighted by molar-refractivity contribution is 6.04. The number of rotatable bonds is 6. The van der Waals surface area contributed by atoms with Crippen LogP contribution in [0.2, 0.25) is 0 Å². The van der Waals surface area contributed by atoms with Gasteiger partial charge in [0.05, 0.1) is 6.61 Å². The van der Waals surface area contributed by atoms with Gasteiger partial charge in [-0.15, -0.1) is 0 Å². The van der Waals surface area contributed by atoms with Gasteiger partial charge >= 0.3 is 0 Å². The van der Waals surface area contributed by atoms with E-state index in [-0.39, 0.29) is 5.91 Å². The monoisotopic (exact) mass is 367 g/mol. The van der Waals surface area contributed by atoms with Gasteiger partial charge in [0, 0.05) is 43.1 Å². The molecule has 1 N–H and O–H groups in total. The first-order valence-corrected chi connectivity index (χ1v) is 9.59. The maximum Gasteiger partial charge on any atom is 0.255 e. The van der Waals surface area contributed by atoms with Crippen molar-refractivity contribution in [3.8, 4) is 5.75 Å². The summed E-state index contributed by atoms with van der Waals surface area (Å²) in [5.41, 5.74) is 2.59. The number of benzene rings is 2. The first-order chi connectivity index (χ1) is 13.0. The van der Waals surface area contributed by atoms with Gasteiger partial charge in [-0.2, -0.15) is 0 Å². The number of ether oxygens (including phenoxy) is 1. The lowest BCUT2D eigenvalue weighted by atomic mass is 10.2. The van der Waals surface area contributed by atoms with E-state index in [1.165, 1.54) is 5.69 Å². The summed E-state index contributed by atoms with van der Waals surface area (Å²) in [6, 6.07) is 15.4. The molecule has 0 aromatic heterocycles. The van der Waals surface area contributed by atoms with Crippen molar-refractivity contribution < 1.29 is 9.53 Å². The molecule has 1 saturated heterocycles. The van der Waals surface area contributed by atoms with Crippen LogP contribution in [0.5, 0.6) is 5.75 Å². The van der Waals surface area contributed by atoms with Crippen molar-refractivity contribution in [2.24, 2.45) is 5.92 Å². The Kier molecular flexibility index (Phi) is 6.35. The Morgan fingerprint density at radius 1 is 1.07 bits per heavy atom. The molecule has 5 nitrogen and oxygen atoms in total. The first kappa shape index (κ1) is 19.2. The maximum absolute atomic E-state index is 12.5. The van der Waals surface area contributed by atoms with Crippen LogP contribution in [-0.2, 0) is 0 Å². The maximum atomic E-state index is 12.5. The molecule has 0 radical (unpaired) electrons. The van der Waals surface area contributed by atoms with E-state index < -0.39 is 0 Å². The molecule has 0 saturated carbocycles. The number of anilines is 2. The second-order valence-electron chi connectivity index (χ2n) is 7.52. The zero-order chi connectivity index (χ0) is 19.2. The Hall–Kier alpha value is -2.53. The van der Waals surface area contributed by atoms with E-state index in [0.717, 1.165) is 37.6 Å². The molecule has 0 bridgehead atoms. The molecule has 1 amide bonds. The third-order valence-corrected chi connectivity index (χ3v) is 4.67. The van der Waals surface area contributed by atoms with Crippen LogP contribution in [0.25, 0.3) is 0 Å². The van der Waals surface area contributed by atoms with Crippen molar-refractivity contribution in [2.75, 3.05) is 50.1 Å². The number of piperazine rings is 1. The highest BCUT2D eigenvalue weighted by Crippen LogP contribution is 2.20. The van der Waals surface area contributed by atoms with Crippen LogP contribution < -0.4 is 15.0 Å². The number of carbonyl (C=O) groups is 1. The predicted molar refractivity (Wildman–Crippen MR) is 111 cm³/mol. The molecule has 1 fully saturated rings. The SMILES string of the molecule is CC(C)COc1cccc(C(=O)Nc2ccc(N3CCN(C)CC3)cc2)c1. The van der Waals surface area contributed by atoms with Crippen LogP contribution in [0, 0.1) is 5.92 Å². The number of carbonyl (C=O) groups excluding carboxylic acids is 1. The molecule has 0 unspecified atom stereocenters. The van der Waals surface area contributed by atoms with E-state index in [0.29, 0.717) is 18.1 Å². The summed E-state index contributed by atoms with van der Waals surface area (Å²) in [6.45, 7) is 9.06. The van der Waals surface area contributed by atoms with Gasteiger partial charge in [-0.1, -0.05) is 19.9 Å². The van der Waals surface area contributed by atoms with Gasteiger partial charge in [-0.3, -0.25) is 4.79 Å². The second kappa shape index (κ2) is 8.91. The molecule has 1 aliphatic heterocycles. The summed E-state index contributed by atoms with van der Waals surface area (Å²) in [5, 5.41) is 2.97. The van der Waals surface area contributed by atoms with E-state index >= 15 is 0 Å². The first-order valence-electron chi connectivity index (χ1n) is 9.59. The highest BCUT2D eigenvalue weighted by atomic mass is 16.5. The number of likely N-dealkylation sites (N-methyl/N-ethyl adjacent to an activating group) is 1. The molecule has 2 aromatic carbocycles. The topological polar surface area (TPSA) is 44.8 Å². The van der Waals surface area contributed by atoms with Crippen LogP contribution in [0.3, 0.4) is 0 Å². The number of hydrogen-bond donors (Lipinski definition) is 1. The molecule has 3 rings (SSSR count). The molecule has 1 heterocycles. The van der Waals surface area contributed by atoms with Crippen LogP contribution >= 0.6 is 0 Å². The summed E-state index contributed by atoms with van der Waals surface area (Å²) < 4.78 is 5.71. The molecular weight excluding hydrogens is 338 g/mol. The molecule has 0 spiro atoms. The second-order valence-corrected chi connectivity index (χ2v) is 7.52. The largest absolute Gasteiger partial charge is 0.493 e. The third kappa shape index (κ3) is 5.47. The fourth-order valence-electron chi connectivity index (χ4n) is 3.01. The van der Waals surface area contributed by atoms with Crippen LogP contribution in [0.4, 0.5) is 11.4 Å². The van der Waals surface area contributed by atoms with Gasteiger partial charge in [-0.25, -0.2) is 0 Å². The smallest absolute Gasteiger partial charge is 0.255 e. The lowest BCUT2D eigenvalue weighted by Gasteiger charge is -2.34. The molecule has 27 heavy (non-hydrogen) atoms. The van der Waals surface area contributed by atoms with Gasteiger partial charge in [0.2, 0.25) is 0 Å². The standard InChI is InChI=1S/C22H29N3O2/c1-17(2)16-27-21-6-4-5-18(15-21)22(26)23-19-7-9-20(10-8-19)25-13-11-24(3)12-14-25/h4-10,15,17H,11-14,16H2,1-3H3,(H,23,26). The summed E-state index contributed by atoms with van der Waals surface area (Å²) in [5.74, 6) is 1.04. The predicted octanol–water partition coefficient (Wildman–Crippen LogP) is 3.73. The Morgan fingerprint density at radius 3 is 2.44 bits per heavy atom. The lowest BCUT2D eigenvalue weighted by Crippen LogP contribution is -2.44. The zero-order valence-electron chi connectivity index (χ0n) is 16.4. The van der Waals surface area contributed by atoms with Gasteiger partial charge in [0.1, 0.15) is 5.75 Å². The number of nitrogens with one attached hydrogen (secondary N) is 1. The minimum atomic E-state index is -0.127. The summed E-state index contributed by atoms with van der Waals surface area (Å²) in [7, 11) is 2.15. The Bertz CT molecular complexity index is 750. The summed E-state index contributed by atoms with van der Waals surface area (Å²) in [4.78, 5) is 17.3. The minimum absolute atomic E-state index is 0.127. The van der Waals surface area contributed by atoms with Crippen molar-refractivity contribution in [3.05, 3.63) is 54.1 Å². The van der Waals surface area contributed by atoms with Gasteiger partial charge in [-0.05, 0) is 55.4 Å². The molecule has 5 heteroatoms. The van der Waals surface area contributed by atoms with E-state index in [1.54, 1.807) is 12.1 Å². The van der Waals surface area contributed by atoms with E-state index in [1.807, 2.05) is 24.3 Å². The number of nitrogens with zero attached hydrogens (tertiary/aromatic N) is 2. The van der Waals surface area contributed by atoms with Crippen molar-refractivity contribution in [1.29, 1.82) is 0 Å². The summed E-state index contributed by atoms with van der Waals surface area (Å²) in [6.07, 6.45) is 0. The van der Waals surface area contributed by atoms with Crippen molar-refractivity contribution in [1.82, 2.24) is 4.90 Å². The minimum Gasteiger partial charge on any atom is -0.493 e. The lowest BCUT2D eigenvalue weighted by molar-refractivity contribution is 0.102. The van der Waals surface area contributed by atoms with Gasteiger partial charge < -0.3 is 19.9 Å². The molecule has 0 atom stereocenters. The zero-order valence-corrected chi connectivity index (χ0v) is 16.4. The number of amides is 1. The van der Waals surface area contributed by atoms with Crippen LogP contribution in [0.15, 0.2) is 48.5 Å². The number of hydrogen-bond acceptors (Lipinski definition) is 4. The van der Waals surface area contributed by atoms with Crippen molar-refractivity contribution in [2.45, 2.75) is 13.8 Å². The molecule has 0 aliphatic carbocycles. The van der Waals surface area contributed by atoms with Crippen LogP contribution in [0.1, 0.15) is 24.2 Å². The normalized spacial score (nSPS) is 15.0. The van der Waals surface area contributed by atoms with E-state index in [2.05, 4.69) is 48.1 Å². The molecular formula is C22H29N3O2. The molecule has 1 aliphatic rings. The average Bonchev–Trinajstić information content (AvgIpc) is 2.68. The molecule has 2 aromatic rings. The molecule has 144 valence electrons.